The Bertz CT molecular complexity index is 3160. The van der Waals surface area contributed by atoms with E-state index >= 15 is 0 Å². The van der Waals surface area contributed by atoms with Gasteiger partial charge in [0.15, 0.2) is 0 Å². The van der Waals surface area contributed by atoms with Gasteiger partial charge < -0.3 is 9.32 Å². The van der Waals surface area contributed by atoms with E-state index in [1.54, 1.807) is 0 Å². The minimum Gasteiger partial charge on any atom is -0.456 e. The highest BCUT2D eigenvalue weighted by Crippen LogP contribution is 2.51. The molecule has 1 heterocycles. The van der Waals surface area contributed by atoms with Crippen LogP contribution in [0.3, 0.4) is 0 Å². The summed E-state index contributed by atoms with van der Waals surface area (Å²) >= 11 is 0. The van der Waals surface area contributed by atoms with Crippen LogP contribution in [-0.4, -0.2) is 0 Å². The summed E-state index contributed by atoms with van der Waals surface area (Å²) in [4.78, 5) is 2.44. The topological polar surface area (TPSA) is 16.4 Å². The average Bonchev–Trinajstić information content (AvgIpc) is 3.75. The molecule has 9 aromatic carbocycles. The Morgan fingerprint density at radius 2 is 0.982 bits per heavy atom. The molecule has 0 saturated carbocycles. The van der Waals surface area contributed by atoms with E-state index in [-0.39, 0.29) is 5.41 Å². The number of nitrogens with zero attached hydrogens (tertiary/aromatic N) is 1. The maximum Gasteiger partial charge on any atom is 0.135 e. The summed E-state index contributed by atoms with van der Waals surface area (Å²) in [7, 11) is 0. The number of furan rings is 1. The van der Waals surface area contributed by atoms with Crippen LogP contribution < -0.4 is 4.90 Å². The molecule has 0 N–H and O–H groups in total. The van der Waals surface area contributed by atoms with Gasteiger partial charge in [-0.2, -0.15) is 0 Å². The molecule has 0 spiro atoms. The molecule has 2 heteroatoms. The van der Waals surface area contributed by atoms with Crippen molar-refractivity contribution in [2.45, 2.75) is 19.3 Å². The number of fused-ring (bicyclic) bond motifs is 7. The second kappa shape index (κ2) is 13.0. The highest BCUT2D eigenvalue weighted by Gasteiger charge is 2.36. The molecule has 0 unspecified atom stereocenters. The van der Waals surface area contributed by atoms with E-state index in [0.717, 1.165) is 50.1 Å². The van der Waals surface area contributed by atoms with Crippen molar-refractivity contribution in [1.82, 2.24) is 0 Å². The van der Waals surface area contributed by atoms with E-state index in [4.69, 9.17) is 4.42 Å². The summed E-state index contributed by atoms with van der Waals surface area (Å²) in [5.41, 5.74) is 17.5. The number of rotatable bonds is 6. The van der Waals surface area contributed by atoms with Gasteiger partial charge >= 0.3 is 0 Å². The molecule has 0 aliphatic heterocycles. The largest absolute Gasteiger partial charge is 0.456 e. The van der Waals surface area contributed by atoms with Gasteiger partial charge in [0.2, 0.25) is 0 Å². The van der Waals surface area contributed by atoms with Crippen LogP contribution in [0.4, 0.5) is 17.1 Å². The van der Waals surface area contributed by atoms with Gasteiger partial charge in [-0.1, -0.05) is 159 Å². The summed E-state index contributed by atoms with van der Waals surface area (Å²) in [6.07, 6.45) is 0. The number of hydrogen-bond donors (Lipinski definition) is 0. The molecule has 0 saturated heterocycles. The van der Waals surface area contributed by atoms with Crippen molar-refractivity contribution in [3.63, 3.8) is 0 Å². The second-order valence-corrected chi connectivity index (χ2v) is 15.7. The SMILES string of the molecule is CC1(C)c2ccccc2-c2ccc(N(c3ccc(-c4ccc5oc6ccccc6c5c4)cc3)c3ccccc3-c3cccc(-c4cccc5ccccc45)c3)cc21. The van der Waals surface area contributed by atoms with Crippen molar-refractivity contribution in [2.24, 2.45) is 0 Å². The lowest BCUT2D eigenvalue weighted by molar-refractivity contribution is 0.660. The van der Waals surface area contributed by atoms with Crippen LogP contribution in [0, 0.1) is 0 Å². The molecule has 1 aromatic heterocycles. The fourth-order valence-corrected chi connectivity index (χ4v) is 9.21. The molecule has 2 nitrogen and oxygen atoms in total. The number of para-hydroxylation sites is 2. The highest BCUT2D eigenvalue weighted by atomic mass is 16.3. The van der Waals surface area contributed by atoms with Crippen LogP contribution in [0.1, 0.15) is 25.0 Å². The Morgan fingerprint density at radius 3 is 1.86 bits per heavy atom. The van der Waals surface area contributed by atoms with Gasteiger partial charge in [-0.05, 0) is 115 Å². The van der Waals surface area contributed by atoms with Gasteiger partial charge in [0.25, 0.3) is 0 Å². The van der Waals surface area contributed by atoms with Crippen LogP contribution in [0.2, 0.25) is 0 Å². The van der Waals surface area contributed by atoms with E-state index in [2.05, 4.69) is 207 Å². The predicted octanol–water partition coefficient (Wildman–Crippen LogP) is 15.5. The van der Waals surface area contributed by atoms with Crippen LogP contribution in [0.25, 0.3) is 77.2 Å². The zero-order valence-corrected chi connectivity index (χ0v) is 31.9. The molecular weight excluding hydrogens is 691 g/mol. The number of anilines is 3. The molecule has 57 heavy (non-hydrogen) atoms. The van der Waals surface area contributed by atoms with Crippen LogP contribution in [-0.2, 0) is 5.41 Å². The monoisotopic (exact) mass is 729 g/mol. The molecule has 0 amide bonds. The number of hydrogen-bond acceptors (Lipinski definition) is 2. The van der Waals surface area contributed by atoms with E-state index in [1.165, 1.54) is 55.3 Å². The van der Waals surface area contributed by atoms with Gasteiger partial charge in [-0.3, -0.25) is 0 Å². The Morgan fingerprint density at radius 1 is 0.368 bits per heavy atom. The van der Waals surface area contributed by atoms with Crippen LogP contribution in [0.15, 0.2) is 205 Å². The van der Waals surface area contributed by atoms with Gasteiger partial charge in [0.1, 0.15) is 11.2 Å². The normalized spacial score (nSPS) is 12.9. The van der Waals surface area contributed by atoms with Gasteiger partial charge in [-0.25, -0.2) is 0 Å². The second-order valence-electron chi connectivity index (χ2n) is 15.7. The van der Waals surface area contributed by atoms with Crippen LogP contribution >= 0.6 is 0 Å². The van der Waals surface area contributed by atoms with E-state index < -0.39 is 0 Å². The quantitative estimate of drug-likeness (QED) is 0.169. The summed E-state index contributed by atoms with van der Waals surface area (Å²) in [5.74, 6) is 0. The maximum absolute atomic E-state index is 6.15. The Labute approximate surface area is 332 Å². The standard InChI is InChI=1S/C55H39NO/c1-55(2)50-22-8-5-19-46(50)47-31-30-42(35-51(47)55)56(41-28-25-36(26-29-41)38-27-32-54-49(34-38)48-20-7-10-24-53(48)57-54)52-23-9-6-18-45(52)40-16-11-15-39(33-40)44-21-12-14-37-13-3-4-17-43(37)44/h3-35H,1-2H3. The molecule has 0 radical (unpaired) electrons. The molecule has 0 fully saturated rings. The van der Waals surface area contributed by atoms with Gasteiger partial charge in [0, 0.05) is 33.1 Å². The van der Waals surface area contributed by atoms with Crippen molar-refractivity contribution < 1.29 is 4.42 Å². The summed E-state index contributed by atoms with van der Waals surface area (Å²) in [6, 6.07) is 72.8. The first-order valence-electron chi connectivity index (χ1n) is 19.8. The predicted molar refractivity (Wildman–Crippen MR) is 240 cm³/mol. The molecule has 270 valence electrons. The molecule has 11 rings (SSSR count). The zero-order chi connectivity index (χ0) is 38.1. The smallest absolute Gasteiger partial charge is 0.135 e. The third-order valence-electron chi connectivity index (χ3n) is 12.1. The summed E-state index contributed by atoms with van der Waals surface area (Å²) in [6.45, 7) is 4.71. The first-order chi connectivity index (χ1) is 28.0. The van der Waals surface area contributed by atoms with E-state index in [1.807, 2.05) is 12.1 Å². The van der Waals surface area contributed by atoms with Crippen molar-refractivity contribution in [2.75, 3.05) is 4.90 Å². The molecule has 1 aliphatic rings. The third kappa shape index (κ3) is 5.40. The lowest BCUT2D eigenvalue weighted by Gasteiger charge is -2.30. The van der Waals surface area contributed by atoms with E-state index in [9.17, 15) is 0 Å². The molecule has 1 aliphatic carbocycles. The Kier molecular flexibility index (Phi) is 7.55. The van der Waals surface area contributed by atoms with Crippen molar-refractivity contribution in [3.8, 4) is 44.5 Å². The fraction of sp³-hybridized carbons (Fsp3) is 0.0545. The molecule has 0 bridgehead atoms. The summed E-state index contributed by atoms with van der Waals surface area (Å²) < 4.78 is 6.15. The lowest BCUT2D eigenvalue weighted by atomic mass is 9.82. The molecule has 0 atom stereocenters. The van der Waals surface area contributed by atoms with Gasteiger partial charge in [0.05, 0.1) is 5.69 Å². The van der Waals surface area contributed by atoms with Crippen molar-refractivity contribution in [3.05, 3.63) is 211 Å². The first-order valence-corrected chi connectivity index (χ1v) is 19.8. The summed E-state index contributed by atoms with van der Waals surface area (Å²) in [5, 5.41) is 4.78. The first kappa shape index (κ1) is 33.2. The fourth-order valence-electron chi connectivity index (χ4n) is 9.21. The minimum atomic E-state index is -0.125. The minimum absolute atomic E-state index is 0.125. The van der Waals surface area contributed by atoms with Gasteiger partial charge in [-0.15, -0.1) is 0 Å². The van der Waals surface area contributed by atoms with Crippen LogP contribution in [0.5, 0.6) is 0 Å². The van der Waals surface area contributed by atoms with E-state index in [0.29, 0.717) is 0 Å². The third-order valence-corrected chi connectivity index (χ3v) is 12.1. The molecular formula is C55H39NO. The molecule has 10 aromatic rings. The lowest BCUT2D eigenvalue weighted by Crippen LogP contribution is -2.16. The zero-order valence-electron chi connectivity index (χ0n) is 31.9. The highest BCUT2D eigenvalue weighted by molar-refractivity contribution is 6.06. The van der Waals surface area contributed by atoms with Crippen molar-refractivity contribution in [1.29, 1.82) is 0 Å². The van der Waals surface area contributed by atoms with Crippen molar-refractivity contribution >= 4 is 49.8 Å². The average molecular weight is 730 g/mol. The number of benzene rings is 9. The Balaban J connectivity index is 1.06. The maximum atomic E-state index is 6.15. The Hall–Kier alpha value is -7.16.